The number of carbonyl (C=O) groups is 1. The van der Waals surface area contributed by atoms with E-state index in [1.165, 1.54) is 38.4 Å². The van der Waals surface area contributed by atoms with E-state index in [-0.39, 0.29) is 22.2 Å². The van der Waals surface area contributed by atoms with Crippen molar-refractivity contribution in [1.29, 1.82) is 0 Å². The molecule has 0 spiro atoms. The number of ether oxygens (including phenoxy) is 1. The Labute approximate surface area is 198 Å². The van der Waals surface area contributed by atoms with Crippen LogP contribution in [-0.4, -0.2) is 49.1 Å². The maximum atomic E-state index is 13.4. The highest BCUT2D eigenvalue weighted by Crippen LogP contribution is 2.31. The number of fused-ring (bicyclic) bond motifs is 1. The lowest BCUT2D eigenvalue weighted by atomic mass is 9.95. The van der Waals surface area contributed by atoms with Gasteiger partial charge in [0.1, 0.15) is 16.5 Å². The summed E-state index contributed by atoms with van der Waals surface area (Å²) in [4.78, 5) is 13.2. The molecule has 1 N–H and O–H groups in total. The first-order valence-electron chi connectivity index (χ1n) is 11.1. The molecule has 0 unspecified atom stereocenters. The molecule has 1 aromatic heterocycles. The first kappa shape index (κ1) is 23.9. The number of anilines is 1. The van der Waals surface area contributed by atoms with E-state index in [1.54, 1.807) is 29.8 Å². The van der Waals surface area contributed by atoms with Gasteiger partial charge in [-0.05, 0) is 75.1 Å². The Balaban J connectivity index is 1.70. The van der Waals surface area contributed by atoms with Crippen LogP contribution in [0.1, 0.15) is 41.5 Å². The molecular formula is C24H27FN4O4S. The SMILES string of the molecule is CCOc1ccc(NC(=O)c2nn(-c3ccc(F)cc3)c3c2CCCC3)cc1S(=O)(=O)N(C)C. The second-order valence-electron chi connectivity index (χ2n) is 8.21. The summed E-state index contributed by atoms with van der Waals surface area (Å²) in [6, 6.07) is 10.5. The van der Waals surface area contributed by atoms with Crippen LogP contribution in [0.2, 0.25) is 0 Å². The van der Waals surface area contributed by atoms with Crippen molar-refractivity contribution in [2.45, 2.75) is 37.5 Å². The fourth-order valence-electron chi connectivity index (χ4n) is 4.03. The van der Waals surface area contributed by atoms with Gasteiger partial charge in [-0.25, -0.2) is 21.8 Å². The maximum absolute atomic E-state index is 13.4. The number of nitrogens with one attached hydrogen (secondary N) is 1. The summed E-state index contributed by atoms with van der Waals surface area (Å²) >= 11 is 0. The van der Waals surface area contributed by atoms with Gasteiger partial charge >= 0.3 is 0 Å². The van der Waals surface area contributed by atoms with Gasteiger partial charge in [-0.15, -0.1) is 0 Å². The summed E-state index contributed by atoms with van der Waals surface area (Å²) in [5.74, 6) is -0.565. The van der Waals surface area contributed by atoms with Gasteiger partial charge in [-0.1, -0.05) is 0 Å². The third kappa shape index (κ3) is 4.55. The highest BCUT2D eigenvalue weighted by atomic mass is 32.2. The zero-order chi connectivity index (χ0) is 24.5. The minimum absolute atomic E-state index is 0.0315. The zero-order valence-electron chi connectivity index (χ0n) is 19.3. The average Bonchev–Trinajstić information content (AvgIpc) is 3.20. The average molecular weight is 487 g/mol. The minimum atomic E-state index is -3.80. The van der Waals surface area contributed by atoms with Gasteiger partial charge in [0.05, 0.1) is 12.3 Å². The Bertz CT molecular complexity index is 1320. The zero-order valence-corrected chi connectivity index (χ0v) is 20.2. The molecule has 3 aromatic rings. The number of carbonyl (C=O) groups excluding carboxylic acids is 1. The van der Waals surface area contributed by atoms with Crippen LogP contribution in [0.3, 0.4) is 0 Å². The molecule has 180 valence electrons. The predicted octanol–water partition coefficient (Wildman–Crippen LogP) is 3.79. The first-order valence-corrected chi connectivity index (χ1v) is 12.5. The lowest BCUT2D eigenvalue weighted by Crippen LogP contribution is -2.23. The van der Waals surface area contributed by atoms with Crippen molar-refractivity contribution in [2.24, 2.45) is 0 Å². The Morgan fingerprint density at radius 1 is 1.15 bits per heavy atom. The summed E-state index contributed by atoms with van der Waals surface area (Å²) in [5.41, 5.74) is 3.07. The number of benzene rings is 2. The van der Waals surface area contributed by atoms with Crippen molar-refractivity contribution in [3.63, 3.8) is 0 Å². The van der Waals surface area contributed by atoms with E-state index in [1.807, 2.05) is 0 Å². The lowest BCUT2D eigenvalue weighted by Gasteiger charge is -2.17. The van der Waals surface area contributed by atoms with Gasteiger partial charge in [0.25, 0.3) is 5.91 Å². The summed E-state index contributed by atoms with van der Waals surface area (Å²) in [5, 5.41) is 7.35. The molecule has 0 radical (unpaired) electrons. The first-order chi connectivity index (χ1) is 16.2. The molecule has 0 saturated heterocycles. The van der Waals surface area contributed by atoms with Gasteiger partial charge in [0.2, 0.25) is 10.0 Å². The molecule has 10 heteroatoms. The smallest absolute Gasteiger partial charge is 0.276 e. The van der Waals surface area contributed by atoms with Crippen molar-refractivity contribution in [3.05, 3.63) is 65.2 Å². The van der Waals surface area contributed by atoms with Gasteiger partial charge < -0.3 is 10.1 Å². The number of nitrogens with zero attached hydrogens (tertiary/aromatic N) is 3. The number of amides is 1. The number of halogens is 1. The number of hydrogen-bond acceptors (Lipinski definition) is 5. The monoisotopic (exact) mass is 486 g/mol. The Morgan fingerprint density at radius 2 is 1.85 bits per heavy atom. The summed E-state index contributed by atoms with van der Waals surface area (Å²) in [6.07, 6.45) is 3.40. The molecule has 0 fully saturated rings. The van der Waals surface area contributed by atoms with E-state index in [0.717, 1.165) is 34.8 Å². The van der Waals surface area contributed by atoms with Crippen LogP contribution >= 0.6 is 0 Å². The van der Waals surface area contributed by atoms with Gasteiger partial charge in [0.15, 0.2) is 5.69 Å². The molecule has 2 aromatic carbocycles. The van der Waals surface area contributed by atoms with Crippen molar-refractivity contribution >= 4 is 21.6 Å². The highest BCUT2D eigenvalue weighted by molar-refractivity contribution is 7.89. The third-order valence-electron chi connectivity index (χ3n) is 5.73. The van der Waals surface area contributed by atoms with Crippen LogP contribution in [0.4, 0.5) is 10.1 Å². The normalized spacial score (nSPS) is 13.6. The molecule has 1 heterocycles. The molecule has 0 atom stereocenters. The topological polar surface area (TPSA) is 93.5 Å². The molecule has 1 amide bonds. The molecule has 1 aliphatic rings. The number of sulfonamides is 1. The van der Waals surface area contributed by atoms with Gasteiger partial charge in [-0.3, -0.25) is 4.79 Å². The van der Waals surface area contributed by atoms with Crippen molar-refractivity contribution in [3.8, 4) is 11.4 Å². The quantitative estimate of drug-likeness (QED) is 0.549. The Morgan fingerprint density at radius 3 is 2.53 bits per heavy atom. The van der Waals surface area contributed by atoms with Crippen LogP contribution in [0, 0.1) is 5.82 Å². The fraction of sp³-hybridized carbons (Fsp3) is 0.333. The molecule has 8 nitrogen and oxygen atoms in total. The van der Waals surface area contributed by atoms with E-state index in [4.69, 9.17) is 4.74 Å². The van der Waals surface area contributed by atoms with Crippen LogP contribution in [0.5, 0.6) is 5.75 Å². The van der Waals surface area contributed by atoms with E-state index in [0.29, 0.717) is 24.4 Å². The van der Waals surface area contributed by atoms with E-state index in [9.17, 15) is 17.6 Å². The van der Waals surface area contributed by atoms with E-state index in [2.05, 4.69) is 10.4 Å². The standard InChI is InChI=1S/C24H27FN4O4S/c1-4-33-21-14-11-17(15-22(21)34(31,32)28(2)3)26-24(30)23-19-7-5-6-8-20(19)29(27-23)18-12-9-16(25)10-13-18/h9-15H,4-8H2,1-3H3,(H,26,30). The third-order valence-corrected chi connectivity index (χ3v) is 7.56. The molecule has 1 aliphatic carbocycles. The molecule has 0 bridgehead atoms. The summed E-state index contributed by atoms with van der Waals surface area (Å²) in [7, 11) is -0.925. The van der Waals surface area contributed by atoms with Crippen LogP contribution in [-0.2, 0) is 22.9 Å². The second kappa shape index (κ2) is 9.55. The second-order valence-corrected chi connectivity index (χ2v) is 10.3. The number of hydrogen-bond donors (Lipinski definition) is 1. The fourth-order valence-corrected chi connectivity index (χ4v) is 5.08. The lowest BCUT2D eigenvalue weighted by molar-refractivity contribution is 0.102. The van der Waals surface area contributed by atoms with Crippen LogP contribution < -0.4 is 10.1 Å². The number of aromatic nitrogens is 2. The molecular weight excluding hydrogens is 459 g/mol. The summed E-state index contributed by atoms with van der Waals surface area (Å²) < 4.78 is 47.3. The minimum Gasteiger partial charge on any atom is -0.492 e. The predicted molar refractivity (Wildman–Crippen MR) is 127 cm³/mol. The molecule has 0 aliphatic heterocycles. The van der Waals surface area contributed by atoms with Crippen molar-refractivity contribution < 1.29 is 22.3 Å². The number of rotatable bonds is 7. The largest absolute Gasteiger partial charge is 0.492 e. The molecule has 34 heavy (non-hydrogen) atoms. The van der Waals surface area contributed by atoms with E-state index < -0.39 is 15.9 Å². The highest BCUT2D eigenvalue weighted by Gasteiger charge is 2.27. The van der Waals surface area contributed by atoms with Crippen LogP contribution in [0.15, 0.2) is 47.4 Å². The maximum Gasteiger partial charge on any atom is 0.276 e. The Hall–Kier alpha value is -3.24. The Kier molecular flexibility index (Phi) is 6.72. The molecule has 0 saturated carbocycles. The van der Waals surface area contributed by atoms with Crippen molar-refractivity contribution in [1.82, 2.24) is 14.1 Å². The summed E-state index contributed by atoms with van der Waals surface area (Å²) in [6.45, 7) is 2.07. The van der Waals surface area contributed by atoms with Crippen molar-refractivity contribution in [2.75, 3.05) is 26.0 Å². The van der Waals surface area contributed by atoms with Gasteiger partial charge in [0, 0.05) is 31.0 Å². The molecule has 4 rings (SSSR count). The van der Waals surface area contributed by atoms with E-state index >= 15 is 0 Å². The van der Waals surface area contributed by atoms with Gasteiger partial charge in [-0.2, -0.15) is 5.10 Å². The van der Waals surface area contributed by atoms with Crippen LogP contribution in [0.25, 0.3) is 5.69 Å².